The van der Waals surface area contributed by atoms with Gasteiger partial charge in [-0.2, -0.15) is 8.42 Å². The first-order chi connectivity index (χ1) is 7.61. The largest absolute Gasteiger partial charge is 0.394 e. The average molecular weight is 262 g/mol. The molecule has 0 aliphatic rings. The van der Waals surface area contributed by atoms with Gasteiger partial charge in [0.15, 0.2) is 0 Å². The summed E-state index contributed by atoms with van der Waals surface area (Å²) >= 11 is 0. The van der Waals surface area contributed by atoms with Gasteiger partial charge in [-0.3, -0.25) is 18.7 Å². The van der Waals surface area contributed by atoms with Gasteiger partial charge < -0.3 is 11.5 Å². The summed E-state index contributed by atoms with van der Waals surface area (Å²) in [5.74, 6) is -1.14. The summed E-state index contributed by atoms with van der Waals surface area (Å²) < 4.78 is 31.6. The molecule has 0 spiro atoms. The first-order valence-electron chi connectivity index (χ1n) is 4.01. The first kappa shape index (κ1) is 15.0. The summed E-state index contributed by atoms with van der Waals surface area (Å²) in [6.07, 6.45) is 0. The number of carbonyl (C=O) groups is 2. The zero-order valence-electron chi connectivity index (χ0n) is 8.40. The molecule has 0 bridgehead atoms. The maximum absolute atomic E-state index is 10.6. The molecule has 1 aromatic rings. The molecule has 0 fully saturated rings. The molecule has 0 aromatic heterocycles. The Kier molecular flexibility index (Phi) is 5.25. The van der Waals surface area contributed by atoms with E-state index in [-0.39, 0.29) is 11.1 Å². The Morgan fingerprint density at radius 3 is 1.53 bits per heavy atom. The quantitative estimate of drug-likeness (QED) is 0.512. The zero-order chi connectivity index (χ0) is 13.6. The Labute approximate surface area is 96.8 Å². The van der Waals surface area contributed by atoms with Crippen molar-refractivity contribution < 1.29 is 27.1 Å². The second-order valence-corrected chi connectivity index (χ2v) is 3.65. The average Bonchev–Trinajstić information content (AvgIpc) is 2.15. The lowest BCUT2D eigenvalue weighted by Gasteiger charge is -1.97. The summed E-state index contributed by atoms with van der Waals surface area (Å²) in [5.41, 5.74) is 10.6. The highest BCUT2D eigenvalue weighted by Crippen LogP contribution is 2.03. The van der Waals surface area contributed by atoms with E-state index in [4.69, 9.17) is 29.0 Å². The van der Waals surface area contributed by atoms with Gasteiger partial charge in [0.1, 0.15) is 0 Å². The first-order valence-corrected chi connectivity index (χ1v) is 5.40. The van der Waals surface area contributed by atoms with Crippen LogP contribution < -0.4 is 11.5 Å². The fraction of sp³-hybridized carbons (Fsp3) is 0. The fourth-order valence-corrected chi connectivity index (χ4v) is 0.826. The van der Waals surface area contributed by atoms with Gasteiger partial charge in [0, 0.05) is 11.1 Å². The molecule has 0 heterocycles. The third-order valence-electron chi connectivity index (χ3n) is 1.43. The minimum Gasteiger partial charge on any atom is -0.366 e. The Hall–Kier alpha value is -1.97. The summed E-state index contributed by atoms with van der Waals surface area (Å²) in [4.78, 5) is 21.3. The van der Waals surface area contributed by atoms with Gasteiger partial charge >= 0.3 is 10.4 Å². The SMILES string of the molecule is NC(=O)c1cccc(C(N)=O)c1.O=S(=O)(O)O. The van der Waals surface area contributed by atoms with Crippen LogP contribution in [-0.2, 0) is 10.4 Å². The molecule has 1 aromatic carbocycles. The number of primary amides is 2. The number of nitrogens with two attached hydrogens (primary N) is 2. The van der Waals surface area contributed by atoms with Crippen LogP contribution >= 0.6 is 0 Å². The molecule has 9 heteroatoms. The van der Waals surface area contributed by atoms with E-state index in [2.05, 4.69) is 0 Å². The standard InChI is InChI=1S/C8H8N2O2.H2O4S/c9-7(11)5-2-1-3-6(4-5)8(10)12;1-5(2,3)4/h1-4H,(H2,9,11)(H2,10,12);(H2,1,2,3,4). The number of hydrogen-bond acceptors (Lipinski definition) is 4. The van der Waals surface area contributed by atoms with E-state index < -0.39 is 22.2 Å². The molecule has 0 unspecified atom stereocenters. The summed E-state index contributed by atoms with van der Waals surface area (Å²) in [6, 6.07) is 5.97. The van der Waals surface area contributed by atoms with E-state index in [0.717, 1.165) is 0 Å². The predicted octanol–water partition coefficient (Wildman–Crippen LogP) is -0.768. The number of rotatable bonds is 2. The molecule has 0 aliphatic heterocycles. The summed E-state index contributed by atoms with van der Waals surface area (Å²) in [6.45, 7) is 0. The zero-order valence-corrected chi connectivity index (χ0v) is 9.22. The van der Waals surface area contributed by atoms with Crippen LogP contribution in [-0.4, -0.2) is 29.3 Å². The van der Waals surface area contributed by atoms with E-state index in [9.17, 15) is 9.59 Å². The highest BCUT2D eigenvalue weighted by molar-refractivity contribution is 7.79. The van der Waals surface area contributed by atoms with Crippen LogP contribution in [0.15, 0.2) is 24.3 Å². The van der Waals surface area contributed by atoms with Gasteiger partial charge in [-0.25, -0.2) is 0 Å². The minimum absolute atomic E-state index is 0.284. The van der Waals surface area contributed by atoms with Crippen molar-refractivity contribution in [1.29, 1.82) is 0 Å². The monoisotopic (exact) mass is 262 g/mol. The number of amides is 2. The molecule has 0 saturated carbocycles. The van der Waals surface area contributed by atoms with E-state index in [1.807, 2.05) is 0 Å². The van der Waals surface area contributed by atoms with Crippen molar-refractivity contribution in [3.05, 3.63) is 35.4 Å². The van der Waals surface area contributed by atoms with Gasteiger partial charge in [0.05, 0.1) is 0 Å². The molecule has 2 amide bonds. The lowest BCUT2D eigenvalue weighted by Crippen LogP contribution is -2.14. The molecule has 8 nitrogen and oxygen atoms in total. The Morgan fingerprint density at radius 1 is 1.00 bits per heavy atom. The third-order valence-corrected chi connectivity index (χ3v) is 1.43. The van der Waals surface area contributed by atoms with Crippen LogP contribution in [0.4, 0.5) is 0 Å². The number of carbonyl (C=O) groups excluding carboxylic acids is 2. The summed E-state index contributed by atoms with van der Waals surface area (Å²) in [7, 11) is -4.67. The van der Waals surface area contributed by atoms with Crippen molar-refractivity contribution >= 4 is 22.2 Å². The van der Waals surface area contributed by atoms with Crippen LogP contribution in [0.25, 0.3) is 0 Å². The van der Waals surface area contributed by atoms with Gasteiger partial charge in [0.25, 0.3) is 0 Å². The number of hydrogen-bond donors (Lipinski definition) is 4. The molecule has 1 rings (SSSR count). The van der Waals surface area contributed by atoms with E-state index >= 15 is 0 Å². The van der Waals surface area contributed by atoms with Gasteiger partial charge in [-0.1, -0.05) is 6.07 Å². The Morgan fingerprint density at radius 2 is 1.29 bits per heavy atom. The Bertz CT molecular complexity index is 487. The second kappa shape index (κ2) is 5.94. The maximum atomic E-state index is 10.6. The normalized spacial score (nSPS) is 10.0. The molecule has 0 saturated heterocycles. The Balaban J connectivity index is 0.000000437. The van der Waals surface area contributed by atoms with Gasteiger partial charge in [0.2, 0.25) is 11.8 Å². The molecular weight excluding hydrogens is 252 g/mol. The third kappa shape index (κ3) is 7.90. The van der Waals surface area contributed by atoms with Crippen LogP contribution in [0.3, 0.4) is 0 Å². The van der Waals surface area contributed by atoms with Crippen LogP contribution in [0.2, 0.25) is 0 Å². The van der Waals surface area contributed by atoms with Crippen molar-refractivity contribution in [1.82, 2.24) is 0 Å². The van der Waals surface area contributed by atoms with Gasteiger partial charge in [-0.05, 0) is 18.2 Å². The molecule has 0 aliphatic carbocycles. The highest BCUT2D eigenvalue weighted by atomic mass is 32.3. The smallest absolute Gasteiger partial charge is 0.366 e. The van der Waals surface area contributed by atoms with Crippen LogP contribution in [0, 0.1) is 0 Å². The van der Waals surface area contributed by atoms with Crippen molar-refractivity contribution in [3.8, 4) is 0 Å². The van der Waals surface area contributed by atoms with Crippen molar-refractivity contribution in [2.75, 3.05) is 0 Å². The number of benzene rings is 1. The van der Waals surface area contributed by atoms with Crippen molar-refractivity contribution in [2.24, 2.45) is 11.5 Å². The lowest BCUT2D eigenvalue weighted by atomic mass is 10.1. The van der Waals surface area contributed by atoms with E-state index in [1.54, 1.807) is 6.07 Å². The van der Waals surface area contributed by atoms with Crippen molar-refractivity contribution in [2.45, 2.75) is 0 Å². The summed E-state index contributed by atoms with van der Waals surface area (Å²) in [5, 5.41) is 0. The molecular formula is C8H10N2O6S. The molecule has 94 valence electrons. The maximum Gasteiger partial charge on any atom is 0.394 e. The van der Waals surface area contributed by atoms with Crippen LogP contribution in [0.1, 0.15) is 20.7 Å². The highest BCUT2D eigenvalue weighted by Gasteiger charge is 2.03. The van der Waals surface area contributed by atoms with Gasteiger partial charge in [-0.15, -0.1) is 0 Å². The van der Waals surface area contributed by atoms with Crippen molar-refractivity contribution in [3.63, 3.8) is 0 Å². The van der Waals surface area contributed by atoms with E-state index in [0.29, 0.717) is 0 Å². The second-order valence-electron chi connectivity index (χ2n) is 2.76. The lowest BCUT2D eigenvalue weighted by molar-refractivity contribution is 0.0999. The predicted molar refractivity (Wildman–Crippen MR) is 57.7 cm³/mol. The molecule has 0 radical (unpaired) electrons. The van der Waals surface area contributed by atoms with E-state index in [1.165, 1.54) is 18.2 Å². The minimum atomic E-state index is -4.67. The molecule has 6 N–H and O–H groups in total. The molecule has 17 heavy (non-hydrogen) atoms. The topological polar surface area (TPSA) is 161 Å². The van der Waals surface area contributed by atoms with Crippen LogP contribution in [0.5, 0.6) is 0 Å². The fourth-order valence-electron chi connectivity index (χ4n) is 0.826. The molecule has 0 atom stereocenters.